The van der Waals surface area contributed by atoms with Crippen LogP contribution in [0.15, 0.2) is 23.9 Å². The van der Waals surface area contributed by atoms with Gasteiger partial charge in [0.1, 0.15) is 5.56 Å². The number of carbonyl (C=O) groups excluding carboxylic acids is 2. The number of carbonyl (C=O) groups is 2. The molecule has 1 aromatic carbocycles. The van der Waals surface area contributed by atoms with Gasteiger partial charge in [-0.2, -0.15) is 5.10 Å². The third-order valence-electron chi connectivity index (χ3n) is 4.78. The van der Waals surface area contributed by atoms with Crippen LogP contribution in [-0.2, 0) is 11.3 Å². The minimum Gasteiger partial charge on any atom is -0.407 e. The van der Waals surface area contributed by atoms with Gasteiger partial charge in [-0.15, -0.1) is 0 Å². The first-order valence-corrected chi connectivity index (χ1v) is 9.79. The van der Waals surface area contributed by atoms with E-state index < -0.39 is 5.97 Å². The number of esters is 1. The van der Waals surface area contributed by atoms with E-state index in [1.165, 1.54) is 13.1 Å². The highest BCUT2D eigenvalue weighted by Crippen LogP contribution is 2.33. The predicted molar refractivity (Wildman–Crippen MR) is 112 cm³/mol. The first kappa shape index (κ1) is 21.9. The van der Waals surface area contributed by atoms with Crippen LogP contribution >= 0.6 is 11.6 Å². The van der Waals surface area contributed by atoms with Gasteiger partial charge in [0.25, 0.3) is 0 Å². The van der Waals surface area contributed by atoms with Crippen LogP contribution < -0.4 is 4.74 Å². The van der Waals surface area contributed by atoms with Crippen LogP contribution in [-0.4, -0.2) is 21.5 Å². The Hall–Kier alpha value is -2.40. The van der Waals surface area contributed by atoms with E-state index in [0.29, 0.717) is 17.1 Å². The van der Waals surface area contributed by atoms with Crippen LogP contribution in [0.4, 0.5) is 0 Å². The summed E-state index contributed by atoms with van der Waals surface area (Å²) in [7, 11) is 0. The Morgan fingerprint density at radius 2 is 1.82 bits per heavy atom. The van der Waals surface area contributed by atoms with Gasteiger partial charge in [0, 0.05) is 24.1 Å². The molecule has 0 fully saturated rings. The number of unbranched alkanes of at least 4 members (excludes halogenated alkanes) is 1. The molecule has 28 heavy (non-hydrogen) atoms. The molecule has 0 aliphatic heterocycles. The second-order valence-corrected chi connectivity index (χ2v) is 7.49. The summed E-state index contributed by atoms with van der Waals surface area (Å²) in [6.07, 6.45) is 3.30. The zero-order valence-electron chi connectivity index (χ0n) is 17.4. The third kappa shape index (κ3) is 4.53. The van der Waals surface area contributed by atoms with Crippen molar-refractivity contribution in [2.75, 3.05) is 0 Å². The molecule has 0 amide bonds. The number of hydrogen-bond donors (Lipinski definition) is 0. The molecule has 0 bridgehead atoms. The van der Waals surface area contributed by atoms with Crippen molar-refractivity contribution < 1.29 is 14.3 Å². The highest BCUT2D eigenvalue weighted by atomic mass is 35.5. The van der Waals surface area contributed by atoms with E-state index >= 15 is 0 Å². The second-order valence-electron chi connectivity index (χ2n) is 7.08. The average Bonchev–Trinajstić information content (AvgIpc) is 3.01. The van der Waals surface area contributed by atoms with Gasteiger partial charge in [-0.3, -0.25) is 9.59 Å². The molecule has 0 radical (unpaired) electrons. The smallest absolute Gasteiger partial charge is 0.309 e. The molecule has 2 aromatic rings. The molecule has 0 unspecified atom stereocenters. The number of aromatic nitrogens is 2. The standard InChI is InChI=1S/C22H27ClN2O3/c1-7-8-11-25-22(28-16(6)26)18(12-24-25)21(27)17-9-10-19(23)20(15(17)5)14(4)13(2)3/h9-10,12H,7-8,11H2,1-6H3. The molecular weight excluding hydrogens is 376 g/mol. The van der Waals surface area contributed by atoms with Crippen molar-refractivity contribution in [3.8, 4) is 5.88 Å². The highest BCUT2D eigenvalue weighted by Gasteiger charge is 2.24. The van der Waals surface area contributed by atoms with E-state index in [1.54, 1.807) is 16.8 Å². The number of nitrogens with zero attached hydrogens (tertiary/aromatic N) is 2. The quantitative estimate of drug-likeness (QED) is 0.445. The van der Waals surface area contributed by atoms with Gasteiger partial charge in [0.15, 0.2) is 5.78 Å². The van der Waals surface area contributed by atoms with Gasteiger partial charge in [-0.1, -0.05) is 30.5 Å². The van der Waals surface area contributed by atoms with Gasteiger partial charge < -0.3 is 4.74 Å². The van der Waals surface area contributed by atoms with Gasteiger partial charge in [0.05, 0.1) is 6.20 Å². The number of hydrogen-bond acceptors (Lipinski definition) is 4. The summed E-state index contributed by atoms with van der Waals surface area (Å²) in [5.41, 5.74) is 4.62. The van der Waals surface area contributed by atoms with Gasteiger partial charge in [-0.25, -0.2) is 4.68 Å². The normalized spacial score (nSPS) is 10.7. The lowest BCUT2D eigenvalue weighted by Gasteiger charge is -2.15. The Labute approximate surface area is 171 Å². The molecule has 1 heterocycles. The summed E-state index contributed by atoms with van der Waals surface area (Å²) >= 11 is 6.42. The van der Waals surface area contributed by atoms with E-state index in [-0.39, 0.29) is 17.2 Å². The van der Waals surface area contributed by atoms with Gasteiger partial charge >= 0.3 is 5.97 Å². The molecule has 6 heteroatoms. The van der Waals surface area contributed by atoms with Crippen LogP contribution in [0.2, 0.25) is 5.02 Å². The van der Waals surface area contributed by atoms with E-state index in [2.05, 4.69) is 12.0 Å². The predicted octanol–water partition coefficient (Wildman–Crippen LogP) is 5.61. The Kier molecular flexibility index (Phi) is 7.19. The molecule has 5 nitrogen and oxygen atoms in total. The number of ether oxygens (including phenoxy) is 1. The summed E-state index contributed by atoms with van der Waals surface area (Å²) in [4.78, 5) is 24.9. The van der Waals surface area contributed by atoms with Gasteiger partial charge in [0.2, 0.25) is 5.88 Å². The summed E-state index contributed by atoms with van der Waals surface area (Å²) in [6.45, 7) is 11.8. The Morgan fingerprint density at radius 3 is 2.39 bits per heavy atom. The zero-order valence-corrected chi connectivity index (χ0v) is 18.1. The fourth-order valence-electron chi connectivity index (χ4n) is 3.02. The SMILES string of the molecule is CCCCn1ncc(C(=O)c2ccc(Cl)c(C(C)=C(C)C)c2C)c1OC(C)=O. The molecular formula is C22H27ClN2O3. The second kappa shape index (κ2) is 9.20. The first-order valence-electron chi connectivity index (χ1n) is 9.41. The van der Waals surface area contributed by atoms with Crippen molar-refractivity contribution in [1.82, 2.24) is 9.78 Å². The van der Waals surface area contributed by atoms with E-state index in [0.717, 1.165) is 35.1 Å². The molecule has 0 saturated heterocycles. The molecule has 2 rings (SSSR count). The first-order chi connectivity index (χ1) is 13.2. The molecule has 0 aliphatic carbocycles. The maximum absolute atomic E-state index is 13.3. The fourth-order valence-corrected chi connectivity index (χ4v) is 3.37. The van der Waals surface area contributed by atoms with Crippen LogP contribution in [0.25, 0.3) is 5.57 Å². The number of allylic oxidation sites excluding steroid dienone is 2. The minimum atomic E-state index is -0.485. The number of benzene rings is 1. The summed E-state index contributed by atoms with van der Waals surface area (Å²) < 4.78 is 6.92. The molecule has 0 atom stereocenters. The molecule has 150 valence electrons. The minimum absolute atomic E-state index is 0.195. The lowest BCUT2D eigenvalue weighted by Crippen LogP contribution is -2.13. The molecule has 0 spiro atoms. The lowest BCUT2D eigenvalue weighted by atomic mass is 9.92. The van der Waals surface area contributed by atoms with Gasteiger partial charge in [-0.05, 0) is 62.9 Å². The number of halogens is 1. The summed E-state index contributed by atoms with van der Waals surface area (Å²) in [5.74, 6) is -0.530. The molecule has 1 aromatic heterocycles. The zero-order chi connectivity index (χ0) is 21.0. The van der Waals surface area contributed by atoms with E-state index in [4.69, 9.17) is 16.3 Å². The van der Waals surface area contributed by atoms with Crippen molar-refractivity contribution in [2.45, 2.75) is 60.9 Å². The van der Waals surface area contributed by atoms with E-state index in [9.17, 15) is 9.59 Å². The highest BCUT2D eigenvalue weighted by molar-refractivity contribution is 6.32. The Balaban J connectivity index is 2.58. The monoisotopic (exact) mass is 402 g/mol. The maximum Gasteiger partial charge on any atom is 0.309 e. The maximum atomic E-state index is 13.3. The molecule has 0 aliphatic rings. The van der Waals surface area contributed by atoms with E-state index in [1.807, 2.05) is 27.7 Å². The van der Waals surface area contributed by atoms with Crippen LogP contribution in [0, 0.1) is 6.92 Å². The van der Waals surface area contributed by atoms with Crippen LogP contribution in [0.5, 0.6) is 5.88 Å². The van der Waals surface area contributed by atoms with Crippen molar-refractivity contribution in [2.24, 2.45) is 0 Å². The summed E-state index contributed by atoms with van der Waals surface area (Å²) in [6, 6.07) is 3.44. The van der Waals surface area contributed by atoms with Crippen LogP contribution in [0.1, 0.15) is 74.5 Å². The molecule has 0 N–H and O–H groups in total. The van der Waals surface area contributed by atoms with Crippen molar-refractivity contribution >= 4 is 28.9 Å². The average molecular weight is 403 g/mol. The Bertz CT molecular complexity index is 937. The third-order valence-corrected chi connectivity index (χ3v) is 5.10. The topological polar surface area (TPSA) is 61.2 Å². The van der Waals surface area contributed by atoms with Crippen LogP contribution in [0.3, 0.4) is 0 Å². The van der Waals surface area contributed by atoms with Crippen molar-refractivity contribution in [3.63, 3.8) is 0 Å². The Morgan fingerprint density at radius 1 is 1.14 bits per heavy atom. The molecule has 0 saturated carbocycles. The largest absolute Gasteiger partial charge is 0.407 e. The van der Waals surface area contributed by atoms with Crippen molar-refractivity contribution in [3.05, 3.63) is 51.2 Å². The van der Waals surface area contributed by atoms with Crippen molar-refractivity contribution in [1.29, 1.82) is 0 Å². The fraction of sp³-hybridized carbons (Fsp3) is 0.409. The number of ketones is 1. The lowest BCUT2D eigenvalue weighted by molar-refractivity contribution is -0.132. The number of rotatable bonds is 7. The number of aryl methyl sites for hydroxylation is 1. The summed E-state index contributed by atoms with van der Waals surface area (Å²) in [5, 5.41) is 4.87.